The van der Waals surface area contributed by atoms with Crippen molar-refractivity contribution in [1.29, 1.82) is 0 Å². The fourth-order valence-corrected chi connectivity index (χ4v) is 3.77. The Morgan fingerprint density at radius 1 is 0.842 bits per heavy atom. The Balaban J connectivity index is 1.29. The molecule has 0 N–H and O–H groups in total. The summed E-state index contributed by atoms with van der Waals surface area (Å²) in [6, 6.07) is 24.2. The largest absolute Gasteiger partial charge is 0.489 e. The molecule has 192 valence electrons. The lowest BCUT2D eigenvalue weighted by atomic mass is 10.1. The van der Waals surface area contributed by atoms with Gasteiger partial charge in [-0.1, -0.05) is 45.7 Å². The first-order valence-electron chi connectivity index (χ1n) is 11.2. The molecule has 4 aromatic carbocycles. The van der Waals surface area contributed by atoms with E-state index in [0.29, 0.717) is 12.2 Å². The van der Waals surface area contributed by atoms with Crippen LogP contribution in [0.3, 0.4) is 0 Å². The highest BCUT2D eigenvalue weighted by atomic mass is 79.9. The number of nitro benzene ring substituents is 1. The molecule has 0 amide bonds. The number of rotatable bonds is 10. The summed E-state index contributed by atoms with van der Waals surface area (Å²) in [5, 5.41) is 11.3. The highest BCUT2D eigenvalue weighted by Crippen LogP contribution is 2.37. The van der Waals surface area contributed by atoms with Crippen molar-refractivity contribution < 1.29 is 28.7 Å². The Kier molecular flexibility index (Phi) is 8.73. The maximum Gasteiger partial charge on any atom is 0.338 e. The number of benzene rings is 4. The van der Waals surface area contributed by atoms with E-state index in [-0.39, 0.29) is 27.8 Å². The number of ether oxygens (including phenoxy) is 3. The summed E-state index contributed by atoms with van der Waals surface area (Å²) >= 11 is 9.41. The van der Waals surface area contributed by atoms with E-state index in [1.54, 1.807) is 24.3 Å². The Bertz CT molecular complexity index is 1460. The van der Waals surface area contributed by atoms with Crippen molar-refractivity contribution in [3.8, 4) is 17.2 Å². The highest BCUT2D eigenvalue weighted by molar-refractivity contribution is 9.10. The summed E-state index contributed by atoms with van der Waals surface area (Å²) in [4.78, 5) is 35.5. The zero-order valence-electron chi connectivity index (χ0n) is 19.6. The number of esters is 1. The van der Waals surface area contributed by atoms with Gasteiger partial charge in [-0.3, -0.25) is 14.9 Å². The maximum atomic E-state index is 12.5. The third-order valence-corrected chi connectivity index (χ3v) is 6.11. The Labute approximate surface area is 231 Å². The van der Waals surface area contributed by atoms with Crippen LogP contribution in [0.4, 0.5) is 5.69 Å². The van der Waals surface area contributed by atoms with Gasteiger partial charge in [0.2, 0.25) is 5.75 Å². The van der Waals surface area contributed by atoms with Crippen molar-refractivity contribution in [2.24, 2.45) is 0 Å². The second kappa shape index (κ2) is 12.4. The molecule has 4 rings (SSSR count). The topological polar surface area (TPSA) is 105 Å². The number of ketones is 1. The van der Waals surface area contributed by atoms with E-state index < -0.39 is 23.3 Å². The summed E-state index contributed by atoms with van der Waals surface area (Å²) in [6.07, 6.45) is 0. The van der Waals surface area contributed by atoms with Crippen LogP contribution in [-0.4, -0.2) is 23.3 Å². The zero-order chi connectivity index (χ0) is 27.1. The third kappa shape index (κ3) is 6.96. The third-order valence-electron chi connectivity index (χ3n) is 5.28. The van der Waals surface area contributed by atoms with E-state index >= 15 is 0 Å². The molecule has 0 aromatic heterocycles. The lowest BCUT2D eigenvalue weighted by molar-refractivity contribution is -0.385. The molecule has 0 saturated heterocycles. The molecule has 0 aliphatic rings. The number of hydrogen-bond acceptors (Lipinski definition) is 7. The second-order valence-corrected chi connectivity index (χ2v) is 9.23. The van der Waals surface area contributed by atoms with E-state index in [9.17, 15) is 19.7 Å². The van der Waals surface area contributed by atoms with E-state index in [1.807, 2.05) is 24.3 Å². The predicted molar refractivity (Wildman–Crippen MR) is 144 cm³/mol. The number of Topliss-reactive ketones (excluding diaryl/α,β-unsaturated/α-hetero) is 1. The van der Waals surface area contributed by atoms with Gasteiger partial charge in [0, 0.05) is 16.1 Å². The van der Waals surface area contributed by atoms with Crippen molar-refractivity contribution >= 4 is 45.0 Å². The quantitative estimate of drug-likeness (QED) is 0.0812. The smallest absolute Gasteiger partial charge is 0.338 e. The van der Waals surface area contributed by atoms with Crippen molar-refractivity contribution in [3.05, 3.63) is 127 Å². The van der Waals surface area contributed by atoms with Gasteiger partial charge in [-0.2, -0.15) is 0 Å². The van der Waals surface area contributed by atoms with Gasteiger partial charge in [0.05, 0.1) is 15.5 Å². The van der Waals surface area contributed by atoms with Gasteiger partial charge >= 0.3 is 11.7 Å². The molecule has 0 heterocycles. The van der Waals surface area contributed by atoms with Crippen LogP contribution in [0.15, 0.2) is 95.5 Å². The van der Waals surface area contributed by atoms with Crippen molar-refractivity contribution in [3.63, 3.8) is 0 Å². The minimum absolute atomic E-state index is 0.0800. The molecule has 10 heteroatoms. The van der Waals surface area contributed by atoms with Gasteiger partial charge in [0.25, 0.3) is 0 Å². The Hall–Kier alpha value is -4.21. The second-order valence-electron chi connectivity index (χ2n) is 7.91. The number of hydrogen-bond donors (Lipinski definition) is 0. The zero-order valence-corrected chi connectivity index (χ0v) is 22.0. The SMILES string of the molecule is O=C(COC(=O)c1ccc(COc2ccc(Br)cc2)cc1)c1ccc(Oc2c(Cl)cccc2[N+](=O)[O-])cc1. The maximum absolute atomic E-state index is 12.5. The van der Waals surface area contributed by atoms with Crippen LogP contribution in [0, 0.1) is 10.1 Å². The lowest BCUT2D eigenvalue weighted by Crippen LogP contribution is -2.14. The predicted octanol–water partition coefficient (Wildman–Crippen LogP) is 7.42. The average Bonchev–Trinajstić information content (AvgIpc) is 2.93. The van der Waals surface area contributed by atoms with Gasteiger partial charge in [-0.25, -0.2) is 4.79 Å². The Morgan fingerprint density at radius 2 is 1.47 bits per heavy atom. The van der Waals surface area contributed by atoms with E-state index in [0.717, 1.165) is 15.8 Å². The molecule has 0 bridgehead atoms. The van der Waals surface area contributed by atoms with Gasteiger partial charge in [-0.15, -0.1) is 0 Å². The minimum Gasteiger partial charge on any atom is -0.489 e. The number of carbonyl (C=O) groups is 2. The summed E-state index contributed by atoms with van der Waals surface area (Å²) in [7, 11) is 0. The molecule has 0 radical (unpaired) electrons. The summed E-state index contributed by atoms with van der Waals surface area (Å²) in [5.74, 6) is -0.185. The summed E-state index contributed by atoms with van der Waals surface area (Å²) < 4.78 is 17.4. The number of halogens is 2. The van der Waals surface area contributed by atoms with Crippen LogP contribution < -0.4 is 9.47 Å². The fourth-order valence-electron chi connectivity index (χ4n) is 3.30. The van der Waals surface area contributed by atoms with Gasteiger partial charge in [0.15, 0.2) is 12.4 Å². The van der Waals surface area contributed by atoms with Crippen LogP contribution in [0.2, 0.25) is 5.02 Å². The molecule has 38 heavy (non-hydrogen) atoms. The first-order valence-corrected chi connectivity index (χ1v) is 12.4. The standard InChI is InChI=1S/C28H19BrClNO7/c29-21-10-14-22(15-11-21)36-16-18-4-6-20(7-5-18)28(33)37-17-26(32)19-8-12-23(13-9-19)38-27-24(30)2-1-3-25(27)31(34)35/h1-15H,16-17H2. The summed E-state index contributed by atoms with van der Waals surface area (Å²) in [6.45, 7) is -0.123. The van der Waals surface area contributed by atoms with E-state index in [4.69, 9.17) is 25.8 Å². The van der Waals surface area contributed by atoms with Crippen LogP contribution in [-0.2, 0) is 11.3 Å². The molecule has 8 nitrogen and oxygen atoms in total. The van der Waals surface area contributed by atoms with Gasteiger partial charge < -0.3 is 14.2 Å². The lowest BCUT2D eigenvalue weighted by Gasteiger charge is -2.09. The van der Waals surface area contributed by atoms with Crippen molar-refractivity contribution in [1.82, 2.24) is 0 Å². The minimum atomic E-state index is -0.635. The molecular formula is C28H19BrClNO7. The number of carbonyl (C=O) groups excluding carboxylic acids is 2. The Morgan fingerprint density at radius 3 is 2.13 bits per heavy atom. The first kappa shape index (κ1) is 26.8. The van der Waals surface area contributed by atoms with Crippen LogP contribution in [0.1, 0.15) is 26.3 Å². The fraction of sp³-hybridized carbons (Fsp3) is 0.0714. The molecule has 0 unspecified atom stereocenters. The van der Waals surface area contributed by atoms with E-state index in [2.05, 4.69) is 15.9 Å². The molecule has 0 fully saturated rings. The molecule has 0 saturated carbocycles. The summed E-state index contributed by atoms with van der Waals surface area (Å²) in [5.41, 5.74) is 1.16. The molecule has 0 aliphatic heterocycles. The van der Waals surface area contributed by atoms with E-state index in [1.165, 1.54) is 42.5 Å². The van der Waals surface area contributed by atoms with Gasteiger partial charge in [0.1, 0.15) is 18.1 Å². The van der Waals surface area contributed by atoms with Crippen LogP contribution in [0.25, 0.3) is 0 Å². The molecule has 0 spiro atoms. The first-order chi connectivity index (χ1) is 18.3. The number of nitro groups is 1. The normalized spacial score (nSPS) is 10.5. The van der Waals surface area contributed by atoms with Crippen molar-refractivity contribution in [2.75, 3.05) is 6.61 Å². The molecule has 0 aliphatic carbocycles. The monoisotopic (exact) mass is 595 g/mol. The van der Waals surface area contributed by atoms with Gasteiger partial charge in [-0.05, 0) is 72.3 Å². The van der Waals surface area contributed by atoms with Crippen LogP contribution in [0.5, 0.6) is 17.2 Å². The highest BCUT2D eigenvalue weighted by Gasteiger charge is 2.19. The van der Waals surface area contributed by atoms with Crippen LogP contribution >= 0.6 is 27.5 Å². The molecule has 4 aromatic rings. The van der Waals surface area contributed by atoms with Crippen molar-refractivity contribution in [2.45, 2.75) is 6.61 Å². The molecular weight excluding hydrogens is 578 g/mol. The molecule has 0 atom stereocenters. The average molecular weight is 597 g/mol. The number of para-hydroxylation sites is 1. The number of nitrogens with zero attached hydrogens (tertiary/aromatic N) is 1.